The van der Waals surface area contributed by atoms with Gasteiger partial charge >= 0.3 is 16.4 Å². The second-order valence-corrected chi connectivity index (χ2v) is 18.8. The third kappa shape index (κ3) is 39.3. The van der Waals surface area contributed by atoms with Crippen LogP contribution in [-0.2, 0) is 38.3 Å². The SMILES string of the molecule is CC/C=C\C/C=C\C/C=C\C/C=C\C/C=C\C/C=C\CCCCCCCCC(=O)OC(COCCCCCCCC/C=C\C/C=C\CCCCCC)COC1OC(CO)C(O)C(OS(=O)(=O)O)C1O. The monoisotopic (exact) mass is 991 g/mol. The second-order valence-electron chi connectivity index (χ2n) is 17.7. The summed E-state index contributed by atoms with van der Waals surface area (Å²) in [5.74, 6) is -0.421. The van der Waals surface area contributed by atoms with E-state index in [2.05, 4.69) is 115 Å². The van der Waals surface area contributed by atoms with E-state index < -0.39 is 59.8 Å². The Bertz CT molecular complexity index is 1570. The van der Waals surface area contributed by atoms with Gasteiger partial charge in [0.05, 0.1) is 19.8 Å². The lowest BCUT2D eigenvalue weighted by atomic mass is 9.99. The molecule has 0 aliphatic carbocycles. The first-order valence-electron chi connectivity index (χ1n) is 26.5. The van der Waals surface area contributed by atoms with Crippen molar-refractivity contribution in [2.45, 2.75) is 224 Å². The van der Waals surface area contributed by atoms with E-state index in [4.69, 9.17) is 18.9 Å². The van der Waals surface area contributed by atoms with Crippen LogP contribution in [0, 0.1) is 0 Å². The van der Waals surface area contributed by atoms with Crippen molar-refractivity contribution in [2.24, 2.45) is 0 Å². The second kappa shape index (κ2) is 46.1. The van der Waals surface area contributed by atoms with Crippen LogP contribution in [0.15, 0.2) is 97.2 Å². The zero-order chi connectivity index (χ0) is 50.3. The van der Waals surface area contributed by atoms with E-state index >= 15 is 0 Å². The lowest BCUT2D eigenvalue weighted by Gasteiger charge is -2.41. The fourth-order valence-electron chi connectivity index (χ4n) is 7.47. The van der Waals surface area contributed by atoms with Crippen molar-refractivity contribution in [1.29, 1.82) is 0 Å². The Balaban J connectivity index is 2.37. The van der Waals surface area contributed by atoms with Gasteiger partial charge in [0.15, 0.2) is 6.29 Å². The number of unbranched alkanes of at least 4 members (excludes halogenated alkanes) is 16. The highest BCUT2D eigenvalue weighted by Gasteiger charge is 2.48. The molecule has 6 atom stereocenters. The van der Waals surface area contributed by atoms with E-state index in [0.29, 0.717) is 13.0 Å². The summed E-state index contributed by atoms with van der Waals surface area (Å²) in [6, 6.07) is 0. The maximum absolute atomic E-state index is 12.9. The number of esters is 1. The summed E-state index contributed by atoms with van der Waals surface area (Å²) < 4.78 is 59.3. The molecule has 1 fully saturated rings. The van der Waals surface area contributed by atoms with Crippen LogP contribution in [0.5, 0.6) is 0 Å². The van der Waals surface area contributed by atoms with Gasteiger partial charge in [-0.1, -0.05) is 182 Å². The van der Waals surface area contributed by atoms with Gasteiger partial charge < -0.3 is 34.3 Å². The molecule has 6 unspecified atom stereocenters. The third-order valence-corrected chi connectivity index (χ3v) is 11.9. The molecule has 0 spiro atoms. The summed E-state index contributed by atoms with van der Waals surface area (Å²) in [4.78, 5) is 12.9. The number of hydrogen-bond acceptors (Lipinski definition) is 11. The van der Waals surface area contributed by atoms with Crippen molar-refractivity contribution < 1.29 is 56.2 Å². The van der Waals surface area contributed by atoms with Gasteiger partial charge in [-0.05, 0) is 96.3 Å². The van der Waals surface area contributed by atoms with E-state index in [-0.39, 0.29) is 19.6 Å². The van der Waals surface area contributed by atoms with E-state index in [1.54, 1.807) is 0 Å². The normalized spacial score (nSPS) is 20.0. The summed E-state index contributed by atoms with van der Waals surface area (Å²) in [5, 5.41) is 30.8. The van der Waals surface area contributed by atoms with Crippen LogP contribution < -0.4 is 0 Å². The van der Waals surface area contributed by atoms with Crippen LogP contribution in [-0.4, -0.2) is 97.5 Å². The number of aliphatic hydroxyl groups excluding tert-OH is 3. The van der Waals surface area contributed by atoms with Crippen molar-refractivity contribution in [2.75, 3.05) is 26.4 Å². The van der Waals surface area contributed by atoms with Crippen LogP contribution in [0.3, 0.4) is 0 Å². The number of aliphatic hydroxyl groups is 3. The summed E-state index contributed by atoms with van der Waals surface area (Å²) in [5.41, 5.74) is 0. The van der Waals surface area contributed by atoms with E-state index in [1.807, 2.05) is 0 Å². The Kier molecular flexibility index (Phi) is 42.8. The van der Waals surface area contributed by atoms with Crippen molar-refractivity contribution in [3.63, 3.8) is 0 Å². The van der Waals surface area contributed by atoms with Crippen LogP contribution >= 0.6 is 0 Å². The van der Waals surface area contributed by atoms with Gasteiger partial charge in [-0.25, -0.2) is 4.18 Å². The predicted octanol–water partition coefficient (Wildman–Crippen LogP) is 12.6. The van der Waals surface area contributed by atoms with Crippen molar-refractivity contribution in [1.82, 2.24) is 0 Å². The standard InChI is InChI=1S/C56H94O12S/c1-3-5-7-9-11-13-15-17-19-21-22-23-24-25-26-27-28-29-31-33-35-37-39-41-43-45-52(58)66-50(49-65-56-54(60)55(68-69(61,62)63)53(59)51(47-57)67-56)48-64-46-44-42-40-38-36-34-32-30-20-18-16-14-12-10-8-6-4-2/h5,7,11,13-14,16-17,19-20,22-23,25-26,28-30,50-51,53-57,59-60H,3-4,6,8-10,12,15,18,21,24,27,31-49H2,1-2H3,(H,61,62,63)/b7-5-,13-11-,16-14-,19-17-,23-22-,26-25-,29-28-,30-20-. The molecule has 1 rings (SSSR count). The Hall–Kier alpha value is -2.98. The topological polar surface area (TPSA) is 178 Å². The summed E-state index contributed by atoms with van der Waals surface area (Å²) in [6.07, 6.45) is 54.3. The largest absolute Gasteiger partial charge is 0.457 e. The number of hydrogen-bond donors (Lipinski definition) is 4. The van der Waals surface area contributed by atoms with Gasteiger partial charge in [0.1, 0.15) is 30.5 Å². The van der Waals surface area contributed by atoms with Crippen LogP contribution in [0.2, 0.25) is 0 Å². The van der Waals surface area contributed by atoms with Gasteiger partial charge in [0, 0.05) is 13.0 Å². The molecule has 12 nitrogen and oxygen atoms in total. The third-order valence-electron chi connectivity index (χ3n) is 11.4. The average molecular weight is 991 g/mol. The molecule has 0 radical (unpaired) electrons. The van der Waals surface area contributed by atoms with Crippen LogP contribution in [0.1, 0.15) is 187 Å². The molecule has 396 valence electrons. The Morgan fingerprint density at radius 1 is 0.565 bits per heavy atom. The molecule has 0 aromatic heterocycles. The molecular formula is C56H94O12S. The Labute approximate surface area is 418 Å². The molecule has 13 heteroatoms. The van der Waals surface area contributed by atoms with Crippen molar-refractivity contribution in [3.05, 3.63) is 97.2 Å². The molecule has 0 bridgehead atoms. The maximum Gasteiger partial charge on any atom is 0.397 e. The van der Waals surface area contributed by atoms with Gasteiger partial charge in [0.2, 0.25) is 0 Å². The first-order valence-corrected chi connectivity index (χ1v) is 27.9. The molecule has 1 aliphatic rings. The van der Waals surface area contributed by atoms with Gasteiger partial charge in [0.25, 0.3) is 0 Å². The number of rotatable bonds is 45. The fourth-order valence-corrected chi connectivity index (χ4v) is 7.98. The molecule has 1 heterocycles. The number of allylic oxidation sites excluding steroid dienone is 16. The molecule has 1 aliphatic heterocycles. The maximum atomic E-state index is 12.9. The summed E-state index contributed by atoms with van der Waals surface area (Å²) >= 11 is 0. The van der Waals surface area contributed by atoms with Gasteiger partial charge in [-0.15, -0.1) is 0 Å². The first-order chi connectivity index (χ1) is 33.6. The van der Waals surface area contributed by atoms with Gasteiger partial charge in [-0.2, -0.15) is 8.42 Å². The smallest absolute Gasteiger partial charge is 0.397 e. The molecule has 69 heavy (non-hydrogen) atoms. The lowest BCUT2D eigenvalue weighted by Crippen LogP contribution is -2.60. The summed E-state index contributed by atoms with van der Waals surface area (Å²) in [6.45, 7) is 3.81. The zero-order valence-corrected chi connectivity index (χ0v) is 43.4. The average Bonchev–Trinajstić information content (AvgIpc) is 3.32. The number of carbonyl (C=O) groups excluding carboxylic acids is 1. The zero-order valence-electron chi connectivity index (χ0n) is 42.6. The highest BCUT2D eigenvalue weighted by Crippen LogP contribution is 2.26. The van der Waals surface area contributed by atoms with Crippen LogP contribution in [0.25, 0.3) is 0 Å². The Morgan fingerprint density at radius 2 is 1.00 bits per heavy atom. The minimum atomic E-state index is -5.08. The minimum absolute atomic E-state index is 0.0166. The summed E-state index contributed by atoms with van der Waals surface area (Å²) in [7, 11) is -5.08. The quantitative estimate of drug-likeness (QED) is 0.0197. The van der Waals surface area contributed by atoms with Crippen LogP contribution in [0.4, 0.5) is 0 Å². The molecule has 1 saturated heterocycles. The first kappa shape index (κ1) is 64.0. The number of ether oxygens (including phenoxy) is 4. The number of carbonyl (C=O) groups is 1. The fraction of sp³-hybridized carbons (Fsp3) is 0.696. The predicted molar refractivity (Wildman–Crippen MR) is 280 cm³/mol. The lowest BCUT2D eigenvalue weighted by molar-refractivity contribution is -0.301. The molecule has 0 aromatic rings. The Morgan fingerprint density at radius 3 is 1.46 bits per heavy atom. The highest BCUT2D eigenvalue weighted by molar-refractivity contribution is 7.80. The molecule has 0 saturated carbocycles. The minimum Gasteiger partial charge on any atom is -0.457 e. The van der Waals surface area contributed by atoms with E-state index in [0.717, 1.165) is 116 Å². The molecule has 4 N–H and O–H groups in total. The van der Waals surface area contributed by atoms with Crippen molar-refractivity contribution >= 4 is 16.4 Å². The molecule has 0 amide bonds. The molecule has 0 aromatic carbocycles. The highest BCUT2D eigenvalue weighted by atomic mass is 32.3. The van der Waals surface area contributed by atoms with E-state index in [1.165, 1.54) is 44.9 Å². The van der Waals surface area contributed by atoms with E-state index in [9.17, 15) is 33.1 Å². The molecular weight excluding hydrogens is 897 g/mol. The van der Waals surface area contributed by atoms with Gasteiger partial charge in [-0.3, -0.25) is 9.35 Å². The van der Waals surface area contributed by atoms with Crippen molar-refractivity contribution in [3.8, 4) is 0 Å².